The maximum Gasteiger partial charge on any atom is 0.275 e. The lowest BCUT2D eigenvalue weighted by Gasteiger charge is -2.30. The van der Waals surface area contributed by atoms with Crippen molar-refractivity contribution in [1.29, 1.82) is 0 Å². The van der Waals surface area contributed by atoms with Crippen molar-refractivity contribution in [2.45, 2.75) is 19.5 Å². The van der Waals surface area contributed by atoms with Crippen LogP contribution < -0.4 is 10.2 Å². The van der Waals surface area contributed by atoms with Crippen LogP contribution in [0, 0.1) is 0 Å². The van der Waals surface area contributed by atoms with E-state index in [4.69, 9.17) is 11.6 Å². The second-order valence-corrected chi connectivity index (χ2v) is 8.66. The Hall–Kier alpha value is -3.09. The molecule has 2 aliphatic heterocycles. The summed E-state index contributed by atoms with van der Waals surface area (Å²) in [7, 11) is 4.13. The van der Waals surface area contributed by atoms with Crippen LogP contribution in [0.25, 0.3) is 16.5 Å². The predicted octanol–water partition coefficient (Wildman–Crippen LogP) is 3.63. The quantitative estimate of drug-likeness (QED) is 0.623. The van der Waals surface area contributed by atoms with Gasteiger partial charge in [0.15, 0.2) is 0 Å². The monoisotopic (exact) mass is 434 g/mol. The molecule has 0 fully saturated rings. The Balaban J connectivity index is 1.73. The SMILES string of the molecule is CN(C)CCCn1c2c(c3ccccc31)C1=C(C(=O)NC1=O)N(c1cccc(Cl)c1)C2. The molecule has 0 spiro atoms. The first kappa shape index (κ1) is 19.8. The molecular weight excluding hydrogens is 412 g/mol. The van der Waals surface area contributed by atoms with E-state index < -0.39 is 0 Å². The molecule has 1 aromatic heterocycles. The third-order valence-electron chi connectivity index (χ3n) is 5.92. The fourth-order valence-electron chi connectivity index (χ4n) is 4.63. The second kappa shape index (κ2) is 7.55. The van der Waals surface area contributed by atoms with Gasteiger partial charge >= 0.3 is 0 Å². The highest BCUT2D eigenvalue weighted by Gasteiger charge is 2.42. The molecule has 0 saturated heterocycles. The Labute approximate surface area is 185 Å². The zero-order valence-corrected chi connectivity index (χ0v) is 18.2. The summed E-state index contributed by atoms with van der Waals surface area (Å²) in [6.45, 7) is 2.29. The maximum absolute atomic E-state index is 12.9. The fraction of sp³-hybridized carbons (Fsp3) is 0.250. The van der Waals surface area contributed by atoms with Crippen LogP contribution in [0.4, 0.5) is 5.69 Å². The number of imide groups is 1. The van der Waals surface area contributed by atoms with E-state index >= 15 is 0 Å². The van der Waals surface area contributed by atoms with E-state index in [1.807, 2.05) is 41.3 Å². The number of hydrogen-bond acceptors (Lipinski definition) is 4. The minimum atomic E-state index is -0.366. The molecule has 0 atom stereocenters. The number of anilines is 1. The van der Waals surface area contributed by atoms with Gasteiger partial charge in [-0.2, -0.15) is 0 Å². The lowest BCUT2D eigenvalue weighted by molar-refractivity contribution is -0.123. The number of hydrogen-bond donors (Lipinski definition) is 1. The van der Waals surface area contributed by atoms with Gasteiger partial charge < -0.3 is 14.4 Å². The number of aromatic nitrogens is 1. The van der Waals surface area contributed by atoms with Crippen LogP contribution in [0.5, 0.6) is 0 Å². The van der Waals surface area contributed by atoms with E-state index in [9.17, 15) is 9.59 Å². The minimum absolute atomic E-state index is 0.343. The van der Waals surface area contributed by atoms with Crippen LogP contribution in [0.15, 0.2) is 54.2 Å². The lowest BCUT2D eigenvalue weighted by atomic mass is 9.96. The average molecular weight is 435 g/mol. The van der Waals surface area contributed by atoms with Gasteiger partial charge in [-0.05, 0) is 51.3 Å². The number of amides is 2. The number of aryl methyl sites for hydroxylation is 1. The number of nitrogens with one attached hydrogen (secondary N) is 1. The van der Waals surface area contributed by atoms with Crippen molar-refractivity contribution in [2.75, 3.05) is 25.5 Å². The molecule has 31 heavy (non-hydrogen) atoms. The molecule has 0 radical (unpaired) electrons. The van der Waals surface area contributed by atoms with Crippen LogP contribution in [0.3, 0.4) is 0 Å². The standard InChI is InChI=1S/C24H23ClN4O2/c1-27(2)11-6-12-28-18-10-4-3-9-17(18)20-19(28)14-29(16-8-5-7-15(25)13-16)22-21(20)23(30)26-24(22)31/h3-5,7-10,13H,6,11-12,14H2,1-2H3,(H,26,30,31). The van der Waals surface area contributed by atoms with Gasteiger partial charge in [-0.1, -0.05) is 35.9 Å². The first-order valence-corrected chi connectivity index (χ1v) is 10.7. The molecule has 158 valence electrons. The highest BCUT2D eigenvalue weighted by molar-refractivity contribution is 6.39. The van der Waals surface area contributed by atoms with Gasteiger partial charge in [-0.15, -0.1) is 0 Å². The Morgan fingerprint density at radius 1 is 1.06 bits per heavy atom. The number of benzene rings is 2. The Bertz CT molecular complexity index is 1260. The summed E-state index contributed by atoms with van der Waals surface area (Å²) in [5, 5.41) is 4.09. The number of fused-ring (bicyclic) bond motifs is 4. The number of carbonyl (C=O) groups is 2. The van der Waals surface area contributed by atoms with Crippen LogP contribution in [-0.4, -0.2) is 41.9 Å². The zero-order valence-electron chi connectivity index (χ0n) is 17.5. The van der Waals surface area contributed by atoms with Gasteiger partial charge in [0.25, 0.3) is 11.8 Å². The van der Waals surface area contributed by atoms with Crippen molar-refractivity contribution in [1.82, 2.24) is 14.8 Å². The molecule has 7 heteroatoms. The van der Waals surface area contributed by atoms with Gasteiger partial charge in [0.05, 0.1) is 12.1 Å². The fourth-order valence-corrected chi connectivity index (χ4v) is 4.81. The van der Waals surface area contributed by atoms with Crippen LogP contribution in [0.1, 0.15) is 17.7 Å². The summed E-state index contributed by atoms with van der Waals surface area (Å²) >= 11 is 6.25. The number of nitrogens with zero attached hydrogens (tertiary/aromatic N) is 3. The van der Waals surface area contributed by atoms with E-state index in [0.717, 1.165) is 47.4 Å². The summed E-state index contributed by atoms with van der Waals surface area (Å²) < 4.78 is 2.30. The Morgan fingerprint density at radius 2 is 1.87 bits per heavy atom. The Kier molecular flexibility index (Phi) is 4.84. The summed E-state index contributed by atoms with van der Waals surface area (Å²) in [4.78, 5) is 29.8. The molecule has 2 aliphatic rings. The number of carbonyl (C=O) groups excluding carboxylic acids is 2. The molecule has 2 aromatic carbocycles. The smallest absolute Gasteiger partial charge is 0.275 e. The molecule has 3 heterocycles. The van der Waals surface area contributed by atoms with Crippen LogP contribution >= 0.6 is 11.6 Å². The van der Waals surface area contributed by atoms with E-state index in [0.29, 0.717) is 22.8 Å². The van der Waals surface area contributed by atoms with Crippen molar-refractivity contribution in [3.63, 3.8) is 0 Å². The summed E-state index contributed by atoms with van der Waals surface area (Å²) in [6.07, 6.45) is 0.978. The van der Waals surface area contributed by atoms with Gasteiger partial charge in [0.1, 0.15) is 5.70 Å². The largest absolute Gasteiger partial charge is 0.342 e. The highest BCUT2D eigenvalue weighted by atomic mass is 35.5. The predicted molar refractivity (Wildman–Crippen MR) is 123 cm³/mol. The summed E-state index contributed by atoms with van der Waals surface area (Å²) in [5.41, 5.74) is 4.64. The van der Waals surface area contributed by atoms with Crippen molar-refractivity contribution in [3.8, 4) is 0 Å². The first-order chi connectivity index (χ1) is 15.0. The topological polar surface area (TPSA) is 57.6 Å². The molecule has 2 amide bonds. The molecular formula is C24H23ClN4O2. The zero-order chi connectivity index (χ0) is 21.7. The second-order valence-electron chi connectivity index (χ2n) is 8.22. The normalized spacial score (nSPS) is 15.7. The Morgan fingerprint density at radius 3 is 2.65 bits per heavy atom. The molecule has 0 saturated carbocycles. The van der Waals surface area contributed by atoms with Crippen LogP contribution in [-0.2, 0) is 22.7 Å². The molecule has 6 nitrogen and oxygen atoms in total. The van der Waals surface area contributed by atoms with E-state index in [2.05, 4.69) is 34.9 Å². The third kappa shape index (κ3) is 3.23. The minimum Gasteiger partial charge on any atom is -0.342 e. The van der Waals surface area contributed by atoms with E-state index in [1.165, 1.54) is 0 Å². The van der Waals surface area contributed by atoms with Crippen LogP contribution in [0.2, 0.25) is 5.02 Å². The van der Waals surface area contributed by atoms with E-state index in [1.54, 1.807) is 6.07 Å². The molecule has 0 unspecified atom stereocenters. The van der Waals surface area contributed by atoms with Crippen molar-refractivity contribution >= 4 is 45.6 Å². The number of rotatable bonds is 5. The number of para-hydroxylation sites is 1. The van der Waals surface area contributed by atoms with Gasteiger partial charge in [0, 0.05) is 39.4 Å². The molecule has 5 rings (SSSR count). The lowest BCUT2D eigenvalue weighted by Crippen LogP contribution is -2.32. The molecule has 3 aromatic rings. The first-order valence-electron chi connectivity index (χ1n) is 10.3. The van der Waals surface area contributed by atoms with Gasteiger partial charge in [-0.3, -0.25) is 14.9 Å². The molecule has 1 N–H and O–H groups in total. The number of halogens is 1. The van der Waals surface area contributed by atoms with Gasteiger partial charge in [0.2, 0.25) is 0 Å². The maximum atomic E-state index is 12.9. The summed E-state index contributed by atoms with van der Waals surface area (Å²) in [6, 6.07) is 15.5. The molecule has 0 aliphatic carbocycles. The van der Waals surface area contributed by atoms with Crippen molar-refractivity contribution in [3.05, 3.63) is 70.5 Å². The van der Waals surface area contributed by atoms with Crippen molar-refractivity contribution < 1.29 is 9.59 Å². The summed E-state index contributed by atoms with van der Waals surface area (Å²) in [5.74, 6) is -0.709. The highest BCUT2D eigenvalue weighted by Crippen LogP contribution is 2.43. The van der Waals surface area contributed by atoms with E-state index in [-0.39, 0.29) is 11.8 Å². The third-order valence-corrected chi connectivity index (χ3v) is 6.15. The molecule has 0 bridgehead atoms. The van der Waals surface area contributed by atoms with Crippen molar-refractivity contribution in [2.24, 2.45) is 0 Å². The average Bonchev–Trinajstić information content (AvgIpc) is 3.21. The van der Waals surface area contributed by atoms with Gasteiger partial charge in [-0.25, -0.2) is 0 Å².